The largest absolute Gasteiger partial charge is 0.270 e. The van der Waals surface area contributed by atoms with Crippen molar-refractivity contribution in [3.05, 3.63) is 10.6 Å². The highest BCUT2D eigenvalue weighted by Crippen LogP contribution is 2.18. The summed E-state index contributed by atoms with van der Waals surface area (Å²) in [4.78, 5) is 14.0. The Morgan fingerprint density at radius 3 is 3.00 bits per heavy atom. The summed E-state index contributed by atoms with van der Waals surface area (Å²) in [6, 6.07) is 1.96. The molecule has 1 aliphatic heterocycles. The van der Waals surface area contributed by atoms with E-state index in [-0.39, 0.29) is 5.91 Å². The number of allylic oxidation sites excluding steroid dienone is 1. The lowest BCUT2D eigenvalue weighted by Gasteiger charge is -2.03. The fourth-order valence-corrected chi connectivity index (χ4v) is 0.976. The molecule has 0 bridgehead atoms. The van der Waals surface area contributed by atoms with Crippen LogP contribution in [-0.4, -0.2) is 12.1 Å². The van der Waals surface area contributed by atoms with E-state index in [1.165, 1.54) is 12.3 Å². The Morgan fingerprint density at radius 1 is 1.80 bits per heavy atom. The lowest BCUT2D eigenvalue weighted by Crippen LogP contribution is -2.07. The molecule has 0 fully saturated rings. The number of nitrogens with zero attached hydrogens (tertiary/aromatic N) is 2. The van der Waals surface area contributed by atoms with Crippen LogP contribution in [-0.2, 0) is 4.79 Å². The fourth-order valence-electron chi connectivity index (χ4n) is 0.559. The van der Waals surface area contributed by atoms with E-state index in [1.54, 1.807) is 0 Å². The van der Waals surface area contributed by atoms with Gasteiger partial charge in [-0.3, -0.25) is 4.79 Å². The molecule has 0 saturated heterocycles. The molecule has 0 spiro atoms. The molecule has 0 radical (unpaired) electrons. The van der Waals surface area contributed by atoms with Gasteiger partial charge in [-0.05, 0) is 0 Å². The Labute approximate surface area is 66.2 Å². The summed E-state index contributed by atoms with van der Waals surface area (Å²) in [5, 5.41) is 8.42. The normalized spacial score (nSPS) is 23.8. The van der Waals surface area contributed by atoms with Gasteiger partial charge in [-0.1, -0.05) is 15.9 Å². The number of hydrogen-bond donors (Lipinski definition) is 0. The first-order valence-corrected chi connectivity index (χ1v) is 3.38. The highest BCUT2D eigenvalue weighted by Gasteiger charge is 2.13. The molecule has 0 aromatic rings. The van der Waals surface area contributed by atoms with E-state index in [9.17, 15) is 4.79 Å². The maximum absolute atomic E-state index is 10.5. The van der Waals surface area contributed by atoms with Gasteiger partial charge in [-0.2, -0.15) is 5.26 Å². The van der Waals surface area contributed by atoms with Crippen molar-refractivity contribution >= 4 is 28.1 Å². The number of nitriles is 1. The second-order valence-electron chi connectivity index (χ2n) is 1.75. The van der Waals surface area contributed by atoms with Gasteiger partial charge in [0.15, 0.2) is 0 Å². The maximum atomic E-state index is 10.5. The number of hydrogen-bond acceptors (Lipinski definition) is 2. The van der Waals surface area contributed by atoms with Gasteiger partial charge in [0.05, 0.1) is 6.07 Å². The predicted octanol–water partition coefficient (Wildman–Crippen LogP) is 1.02. The summed E-state index contributed by atoms with van der Waals surface area (Å²) in [7, 11) is 0. The molecular weight excluding hydrogens is 196 g/mol. The minimum atomic E-state index is -0.391. The molecule has 0 aliphatic carbocycles. The second-order valence-corrected chi connectivity index (χ2v) is 2.67. The third kappa shape index (κ3) is 1.31. The van der Waals surface area contributed by atoms with E-state index in [0.29, 0.717) is 4.48 Å². The van der Waals surface area contributed by atoms with Crippen molar-refractivity contribution in [1.29, 1.82) is 5.26 Å². The summed E-state index contributed by atoms with van der Waals surface area (Å²) in [5.41, 5.74) is 0. The van der Waals surface area contributed by atoms with Crippen molar-refractivity contribution in [2.24, 2.45) is 10.9 Å². The van der Waals surface area contributed by atoms with Gasteiger partial charge in [0.1, 0.15) is 5.92 Å². The Hall–Kier alpha value is -0.950. The quantitative estimate of drug-likeness (QED) is 0.584. The maximum Gasteiger partial charge on any atom is 0.270 e. The molecule has 1 aliphatic rings. The first kappa shape index (κ1) is 7.16. The van der Waals surface area contributed by atoms with Crippen molar-refractivity contribution in [3.8, 4) is 6.07 Å². The van der Waals surface area contributed by atoms with Crippen LogP contribution in [0.5, 0.6) is 0 Å². The molecule has 0 saturated carbocycles. The van der Waals surface area contributed by atoms with Crippen LogP contribution in [0, 0.1) is 17.2 Å². The van der Waals surface area contributed by atoms with Crippen molar-refractivity contribution in [2.45, 2.75) is 0 Å². The predicted molar refractivity (Wildman–Crippen MR) is 39.6 cm³/mol. The van der Waals surface area contributed by atoms with Crippen LogP contribution in [0.1, 0.15) is 0 Å². The molecule has 1 amide bonds. The molecule has 1 heterocycles. The fraction of sp³-hybridized carbons (Fsp3) is 0.167. The number of amides is 1. The minimum absolute atomic E-state index is 0.321. The molecule has 0 aromatic carbocycles. The van der Waals surface area contributed by atoms with E-state index in [1.807, 2.05) is 6.07 Å². The first-order valence-electron chi connectivity index (χ1n) is 2.59. The smallest absolute Gasteiger partial charge is 0.267 e. The lowest BCUT2D eigenvalue weighted by atomic mass is 10.1. The van der Waals surface area contributed by atoms with Gasteiger partial charge in [0.25, 0.3) is 5.91 Å². The zero-order valence-corrected chi connectivity index (χ0v) is 6.50. The SMILES string of the molecule is N#CC1C=NC(=O)C=C1Br. The summed E-state index contributed by atoms with van der Waals surface area (Å²) in [6.45, 7) is 0. The van der Waals surface area contributed by atoms with Crippen LogP contribution in [0.2, 0.25) is 0 Å². The van der Waals surface area contributed by atoms with Crippen molar-refractivity contribution in [2.75, 3.05) is 0 Å². The Kier molecular flexibility index (Phi) is 1.97. The monoisotopic (exact) mass is 198 g/mol. The van der Waals surface area contributed by atoms with E-state index in [4.69, 9.17) is 5.26 Å². The van der Waals surface area contributed by atoms with Crippen molar-refractivity contribution in [1.82, 2.24) is 0 Å². The third-order valence-electron chi connectivity index (χ3n) is 1.05. The van der Waals surface area contributed by atoms with Crippen LogP contribution in [0.3, 0.4) is 0 Å². The van der Waals surface area contributed by atoms with E-state index in [0.717, 1.165) is 0 Å². The van der Waals surface area contributed by atoms with Gasteiger partial charge < -0.3 is 0 Å². The number of aliphatic imine (C=N–C) groups is 1. The van der Waals surface area contributed by atoms with Crippen LogP contribution in [0.4, 0.5) is 0 Å². The number of rotatable bonds is 0. The third-order valence-corrected chi connectivity index (χ3v) is 1.77. The molecule has 10 heavy (non-hydrogen) atoms. The Morgan fingerprint density at radius 2 is 2.50 bits per heavy atom. The molecule has 3 nitrogen and oxygen atoms in total. The average molecular weight is 199 g/mol. The van der Waals surface area contributed by atoms with Gasteiger partial charge in [0, 0.05) is 16.8 Å². The first-order chi connectivity index (χ1) is 4.74. The average Bonchev–Trinajstić information content (AvgIpc) is 1.88. The van der Waals surface area contributed by atoms with Gasteiger partial charge in [0.2, 0.25) is 0 Å². The summed E-state index contributed by atoms with van der Waals surface area (Å²) in [6.07, 6.45) is 2.63. The second kappa shape index (κ2) is 2.76. The number of carbonyl (C=O) groups excluding carboxylic acids is 1. The molecule has 4 heteroatoms. The van der Waals surface area contributed by atoms with Gasteiger partial charge >= 0.3 is 0 Å². The van der Waals surface area contributed by atoms with Crippen molar-refractivity contribution < 1.29 is 4.79 Å². The minimum Gasteiger partial charge on any atom is -0.267 e. The number of dihydropyridines is 1. The summed E-state index contributed by atoms with van der Waals surface area (Å²) in [5.74, 6) is -0.712. The molecule has 1 unspecified atom stereocenters. The number of halogens is 1. The summed E-state index contributed by atoms with van der Waals surface area (Å²) >= 11 is 3.08. The molecule has 1 atom stereocenters. The van der Waals surface area contributed by atoms with E-state index in [2.05, 4.69) is 20.9 Å². The number of carbonyl (C=O) groups is 1. The molecule has 0 N–H and O–H groups in total. The topological polar surface area (TPSA) is 53.2 Å². The van der Waals surface area contributed by atoms with E-state index < -0.39 is 5.92 Å². The standard InChI is InChI=1S/C6H3BrN2O/c7-5-1-6(10)9-3-4(5)2-8/h1,3-4H. The van der Waals surface area contributed by atoms with Crippen LogP contribution < -0.4 is 0 Å². The van der Waals surface area contributed by atoms with Crippen LogP contribution >= 0.6 is 15.9 Å². The highest BCUT2D eigenvalue weighted by molar-refractivity contribution is 9.11. The lowest BCUT2D eigenvalue weighted by molar-refractivity contribution is -0.113. The van der Waals surface area contributed by atoms with E-state index >= 15 is 0 Å². The van der Waals surface area contributed by atoms with Gasteiger partial charge in [-0.15, -0.1) is 0 Å². The van der Waals surface area contributed by atoms with Crippen LogP contribution in [0.15, 0.2) is 15.6 Å². The summed E-state index contributed by atoms with van der Waals surface area (Å²) < 4.78 is 0.579. The zero-order chi connectivity index (χ0) is 7.56. The molecule has 0 aromatic heterocycles. The van der Waals surface area contributed by atoms with Crippen molar-refractivity contribution in [3.63, 3.8) is 0 Å². The Balaban J connectivity index is 2.88. The molecule has 50 valence electrons. The Bertz CT molecular complexity index is 261. The highest BCUT2D eigenvalue weighted by atomic mass is 79.9. The zero-order valence-electron chi connectivity index (χ0n) is 4.91. The molecule has 1 rings (SSSR count). The van der Waals surface area contributed by atoms with Crippen LogP contribution in [0.25, 0.3) is 0 Å². The molecular formula is C6H3BrN2O. The van der Waals surface area contributed by atoms with Gasteiger partial charge in [-0.25, -0.2) is 4.99 Å².